The van der Waals surface area contributed by atoms with Crippen molar-refractivity contribution in [2.45, 2.75) is 25.2 Å². The van der Waals surface area contributed by atoms with Crippen molar-refractivity contribution >= 4 is 19.4 Å². The molecule has 0 spiro atoms. The molecule has 0 bridgehead atoms. The second-order valence-corrected chi connectivity index (χ2v) is 7.03. The lowest BCUT2D eigenvalue weighted by Gasteiger charge is -2.09. The predicted octanol–water partition coefficient (Wildman–Crippen LogP) is 0.162. The van der Waals surface area contributed by atoms with Crippen LogP contribution >= 0.6 is 0 Å². The van der Waals surface area contributed by atoms with E-state index >= 15 is 0 Å². The fourth-order valence-electron chi connectivity index (χ4n) is 0.525. The topological polar surface area (TPSA) is 12.0 Å². The summed E-state index contributed by atoms with van der Waals surface area (Å²) in [5, 5.41) is 0. The highest BCUT2D eigenvalue weighted by atomic mass is 28.3. The first-order valence-electron chi connectivity index (χ1n) is 3.19. The minimum Gasteiger partial charge on any atom is -0.369 e. The van der Waals surface area contributed by atoms with E-state index in [1.807, 2.05) is 6.55 Å². The molecule has 0 saturated heterocycles. The lowest BCUT2D eigenvalue weighted by Crippen LogP contribution is -2.29. The third-order valence-corrected chi connectivity index (χ3v) is 6.45. The van der Waals surface area contributed by atoms with E-state index in [0.717, 1.165) is 10.4 Å². The van der Waals surface area contributed by atoms with Crippen LogP contribution in [0, 0.1) is 0 Å². The van der Waals surface area contributed by atoms with E-state index in [2.05, 4.69) is 4.65 Å². The Morgan fingerprint density at radius 3 is 2.30 bits per heavy atom. The van der Waals surface area contributed by atoms with Gasteiger partial charge in [-0.1, -0.05) is 6.55 Å². The Kier molecular flexibility index (Phi) is 4.22. The van der Waals surface area contributed by atoms with Crippen LogP contribution in [0.1, 0.15) is 6.42 Å². The van der Waals surface area contributed by atoms with E-state index in [4.69, 9.17) is 0 Å². The average Bonchev–Trinajstić information content (AvgIpc) is 1.81. The molecule has 0 heterocycles. The number of hydrogen-bond acceptors (Lipinski definition) is 1. The molecule has 1 unspecified atom stereocenters. The molecule has 0 aromatic carbocycles. The second-order valence-electron chi connectivity index (χ2n) is 2.34. The van der Waals surface area contributed by atoms with Gasteiger partial charge in [0.15, 0.2) is 0 Å². The SMILES string of the molecule is C[SiH](CCC(F)(F)F)N[SiH3]. The monoisotopic (exact) mass is 187 g/mol. The first-order valence-corrected chi connectivity index (χ1v) is 6.74. The van der Waals surface area contributed by atoms with Crippen LogP contribution in [-0.4, -0.2) is 25.5 Å². The van der Waals surface area contributed by atoms with Gasteiger partial charge in [-0.25, -0.2) is 0 Å². The summed E-state index contributed by atoms with van der Waals surface area (Å²) in [7, 11) is -0.371. The van der Waals surface area contributed by atoms with Crippen molar-refractivity contribution < 1.29 is 13.2 Å². The van der Waals surface area contributed by atoms with Gasteiger partial charge in [-0.05, 0) is 6.04 Å². The molecule has 0 aromatic rings. The molecule has 0 aliphatic rings. The molecule has 62 valence electrons. The smallest absolute Gasteiger partial charge is 0.369 e. The van der Waals surface area contributed by atoms with Crippen molar-refractivity contribution in [3.05, 3.63) is 0 Å². The highest BCUT2D eigenvalue weighted by molar-refractivity contribution is 6.60. The van der Waals surface area contributed by atoms with Crippen molar-refractivity contribution in [1.82, 2.24) is 4.65 Å². The van der Waals surface area contributed by atoms with E-state index in [1.165, 1.54) is 0 Å². The van der Waals surface area contributed by atoms with Crippen molar-refractivity contribution in [3.8, 4) is 0 Å². The number of nitrogens with one attached hydrogen (secondary N) is 1. The van der Waals surface area contributed by atoms with Gasteiger partial charge >= 0.3 is 6.18 Å². The van der Waals surface area contributed by atoms with Crippen LogP contribution in [-0.2, 0) is 0 Å². The number of rotatable bonds is 3. The van der Waals surface area contributed by atoms with E-state index in [1.54, 1.807) is 0 Å². The van der Waals surface area contributed by atoms with Gasteiger partial charge in [0.2, 0.25) is 0 Å². The lowest BCUT2D eigenvalue weighted by molar-refractivity contribution is -0.130. The third kappa shape index (κ3) is 6.31. The number of halogens is 3. The maximum atomic E-state index is 11.6. The van der Waals surface area contributed by atoms with Gasteiger partial charge in [-0.3, -0.25) is 0 Å². The predicted molar refractivity (Wildman–Crippen MR) is 41.6 cm³/mol. The standard InChI is InChI=1S/C4H12F3NSi2/c1-10(8-9)3-2-4(5,6)7/h8,10H,2-3H2,1,9H3. The summed E-state index contributed by atoms with van der Waals surface area (Å²) in [5.41, 5.74) is 0. The summed E-state index contributed by atoms with van der Waals surface area (Å²) in [6.07, 6.45) is -4.57. The van der Waals surface area contributed by atoms with Gasteiger partial charge in [0.05, 0.1) is 19.4 Å². The minimum atomic E-state index is -3.96. The maximum Gasteiger partial charge on any atom is 0.388 e. The minimum absolute atomic E-state index is 0.326. The highest BCUT2D eigenvalue weighted by Gasteiger charge is 2.27. The molecular formula is C4H12F3NSi2. The fourth-order valence-corrected chi connectivity index (χ4v) is 2.44. The molecule has 0 rings (SSSR count). The fraction of sp³-hybridized carbons (Fsp3) is 1.00. The third-order valence-electron chi connectivity index (χ3n) is 1.35. The largest absolute Gasteiger partial charge is 0.388 e. The van der Waals surface area contributed by atoms with Crippen LogP contribution in [0.5, 0.6) is 0 Å². The van der Waals surface area contributed by atoms with E-state index in [-0.39, 0.29) is 0 Å². The molecule has 0 fully saturated rings. The summed E-state index contributed by atoms with van der Waals surface area (Å²) in [4.78, 5) is 0. The molecular weight excluding hydrogens is 175 g/mol. The van der Waals surface area contributed by atoms with E-state index < -0.39 is 21.6 Å². The Morgan fingerprint density at radius 1 is 1.50 bits per heavy atom. The molecule has 10 heavy (non-hydrogen) atoms. The van der Waals surface area contributed by atoms with Crippen LogP contribution < -0.4 is 4.65 Å². The maximum absolute atomic E-state index is 11.6. The normalized spacial score (nSPS) is 15.6. The first kappa shape index (κ1) is 10.2. The van der Waals surface area contributed by atoms with Crippen LogP contribution in [0.2, 0.25) is 12.6 Å². The average molecular weight is 187 g/mol. The molecule has 0 saturated carbocycles. The van der Waals surface area contributed by atoms with Gasteiger partial charge in [0.1, 0.15) is 0 Å². The summed E-state index contributed by atoms with van der Waals surface area (Å²) >= 11 is 0. The van der Waals surface area contributed by atoms with Gasteiger partial charge < -0.3 is 4.65 Å². The van der Waals surface area contributed by atoms with Crippen LogP contribution in [0.25, 0.3) is 0 Å². The quantitative estimate of drug-likeness (QED) is 0.621. The Morgan fingerprint density at radius 2 is 2.00 bits per heavy atom. The number of alkyl halides is 3. The van der Waals surface area contributed by atoms with Gasteiger partial charge in [-0.15, -0.1) is 0 Å². The van der Waals surface area contributed by atoms with Gasteiger partial charge in [-0.2, -0.15) is 13.2 Å². The van der Waals surface area contributed by atoms with E-state index in [0.29, 0.717) is 6.04 Å². The van der Waals surface area contributed by atoms with Gasteiger partial charge in [0.25, 0.3) is 0 Å². The molecule has 1 N–H and O–H groups in total. The number of hydrogen-bond donors (Lipinski definition) is 1. The summed E-state index contributed by atoms with van der Waals surface area (Å²) < 4.78 is 37.7. The van der Waals surface area contributed by atoms with Crippen molar-refractivity contribution in [2.24, 2.45) is 0 Å². The Balaban J connectivity index is 3.36. The zero-order chi connectivity index (χ0) is 8.20. The van der Waals surface area contributed by atoms with Gasteiger partial charge in [0, 0.05) is 6.42 Å². The first-order chi connectivity index (χ1) is 4.45. The zero-order valence-electron chi connectivity index (χ0n) is 6.13. The molecule has 0 aliphatic carbocycles. The zero-order valence-corrected chi connectivity index (χ0v) is 9.28. The highest BCUT2D eigenvalue weighted by Crippen LogP contribution is 2.21. The summed E-state index contributed by atoms with van der Waals surface area (Å²) in [6.45, 7) is 1.90. The molecule has 1 atom stereocenters. The molecule has 0 aromatic heterocycles. The molecule has 6 heteroatoms. The van der Waals surface area contributed by atoms with Crippen molar-refractivity contribution in [3.63, 3.8) is 0 Å². The van der Waals surface area contributed by atoms with Crippen LogP contribution in [0.3, 0.4) is 0 Å². The Hall–Kier alpha value is 0.184. The summed E-state index contributed by atoms with van der Waals surface area (Å²) in [5.74, 6) is 0. The second kappa shape index (κ2) is 4.14. The molecule has 0 radical (unpaired) electrons. The lowest BCUT2D eigenvalue weighted by atomic mass is 10.5. The van der Waals surface area contributed by atoms with Crippen molar-refractivity contribution in [1.29, 1.82) is 0 Å². The Bertz CT molecular complexity index is 95.0. The Labute approximate surface area is 63.2 Å². The molecule has 0 amide bonds. The molecule has 1 nitrogen and oxygen atoms in total. The summed E-state index contributed by atoms with van der Waals surface area (Å²) in [6, 6.07) is 0.326. The van der Waals surface area contributed by atoms with Crippen LogP contribution in [0.15, 0.2) is 0 Å². The van der Waals surface area contributed by atoms with Crippen LogP contribution in [0.4, 0.5) is 13.2 Å². The van der Waals surface area contributed by atoms with Crippen molar-refractivity contribution in [2.75, 3.05) is 0 Å². The van der Waals surface area contributed by atoms with E-state index in [9.17, 15) is 13.2 Å². The molecule has 0 aliphatic heterocycles.